The molecule has 1 saturated heterocycles. The zero-order valence-corrected chi connectivity index (χ0v) is 12.7. The van der Waals surface area contributed by atoms with Gasteiger partial charge in [-0.25, -0.2) is 0 Å². The zero-order chi connectivity index (χ0) is 15.1. The van der Waals surface area contributed by atoms with Crippen molar-refractivity contribution < 1.29 is 14.3 Å². The molecule has 1 atom stereocenters. The lowest BCUT2D eigenvalue weighted by molar-refractivity contribution is -0.192. The predicted molar refractivity (Wildman–Crippen MR) is 79.6 cm³/mol. The topological polar surface area (TPSA) is 43.4 Å². The molecule has 1 unspecified atom stereocenters. The summed E-state index contributed by atoms with van der Waals surface area (Å²) in [5.41, 5.74) is -0.615. The summed E-state index contributed by atoms with van der Waals surface area (Å²) < 4.78 is 5.79. The summed E-state index contributed by atoms with van der Waals surface area (Å²) in [4.78, 5) is 25.4. The molecule has 2 aliphatic rings. The number of hydrogen-bond acceptors (Lipinski definition) is 3. The van der Waals surface area contributed by atoms with E-state index in [2.05, 4.69) is 0 Å². The Balaban J connectivity index is 2.08. The van der Waals surface area contributed by atoms with Gasteiger partial charge in [-0.1, -0.05) is 49.6 Å². The summed E-state index contributed by atoms with van der Waals surface area (Å²) in [6.07, 6.45) is 4.44. The maximum Gasteiger partial charge on any atom is 0.319 e. The Hall–Kier alpha value is -1.64. The SMILES string of the molecule is CC1(C)C(=O)OC(c2ccccc2)C2(CCCCC2)C1=O. The highest BCUT2D eigenvalue weighted by atomic mass is 16.5. The molecule has 0 amide bonds. The molecule has 1 aliphatic heterocycles. The fourth-order valence-corrected chi connectivity index (χ4v) is 3.89. The van der Waals surface area contributed by atoms with Crippen LogP contribution in [0.1, 0.15) is 57.6 Å². The molecule has 3 nitrogen and oxygen atoms in total. The highest BCUT2D eigenvalue weighted by Gasteiger charge is 2.60. The van der Waals surface area contributed by atoms with Crippen LogP contribution in [0.15, 0.2) is 30.3 Å². The van der Waals surface area contributed by atoms with Crippen molar-refractivity contribution >= 4 is 11.8 Å². The quantitative estimate of drug-likeness (QED) is 0.582. The molecule has 3 heteroatoms. The summed E-state index contributed by atoms with van der Waals surface area (Å²) in [7, 11) is 0. The Morgan fingerprint density at radius 2 is 1.62 bits per heavy atom. The lowest BCUT2D eigenvalue weighted by Crippen LogP contribution is -2.55. The highest BCUT2D eigenvalue weighted by molar-refractivity contribution is 6.08. The third-order valence-corrected chi connectivity index (χ3v) is 5.11. The van der Waals surface area contributed by atoms with Crippen molar-refractivity contribution in [3.8, 4) is 0 Å². The van der Waals surface area contributed by atoms with Crippen molar-refractivity contribution in [2.75, 3.05) is 0 Å². The average Bonchev–Trinajstić information content (AvgIpc) is 2.51. The van der Waals surface area contributed by atoms with Gasteiger partial charge in [0.25, 0.3) is 0 Å². The third kappa shape index (κ3) is 2.10. The Bertz CT molecular complexity index is 553. The third-order valence-electron chi connectivity index (χ3n) is 5.11. The molecular formula is C18H22O3. The Morgan fingerprint density at radius 1 is 1.00 bits per heavy atom. The lowest BCUT2D eigenvalue weighted by atomic mass is 9.59. The summed E-state index contributed by atoms with van der Waals surface area (Å²) in [6.45, 7) is 3.41. The van der Waals surface area contributed by atoms with Crippen LogP contribution in [0.2, 0.25) is 0 Å². The van der Waals surface area contributed by atoms with E-state index in [1.54, 1.807) is 13.8 Å². The van der Waals surface area contributed by atoms with E-state index in [1.165, 1.54) is 0 Å². The normalized spacial score (nSPS) is 27.4. The van der Waals surface area contributed by atoms with Crippen molar-refractivity contribution in [1.82, 2.24) is 0 Å². The minimum atomic E-state index is -1.03. The zero-order valence-electron chi connectivity index (χ0n) is 12.7. The Kier molecular flexibility index (Phi) is 3.39. The second-order valence-electron chi connectivity index (χ2n) is 6.87. The molecule has 2 fully saturated rings. The molecule has 1 heterocycles. The first-order chi connectivity index (χ1) is 9.98. The smallest absolute Gasteiger partial charge is 0.319 e. The van der Waals surface area contributed by atoms with Gasteiger partial charge in [-0.05, 0) is 32.3 Å². The summed E-state index contributed by atoms with van der Waals surface area (Å²) in [5, 5.41) is 0. The van der Waals surface area contributed by atoms with Gasteiger partial charge in [0.05, 0.1) is 5.41 Å². The molecule has 1 saturated carbocycles. The maximum atomic E-state index is 13.1. The maximum absolute atomic E-state index is 13.1. The molecule has 1 aromatic carbocycles. The molecule has 3 rings (SSSR count). The van der Waals surface area contributed by atoms with Gasteiger partial charge in [0.15, 0.2) is 5.78 Å². The number of cyclic esters (lactones) is 1. The van der Waals surface area contributed by atoms with Crippen molar-refractivity contribution in [1.29, 1.82) is 0 Å². The van der Waals surface area contributed by atoms with E-state index in [1.807, 2.05) is 30.3 Å². The fourth-order valence-electron chi connectivity index (χ4n) is 3.89. The lowest BCUT2D eigenvalue weighted by Gasteiger charge is -2.49. The fraction of sp³-hybridized carbons (Fsp3) is 0.556. The van der Waals surface area contributed by atoms with E-state index in [-0.39, 0.29) is 5.78 Å². The molecule has 112 valence electrons. The number of esters is 1. The summed E-state index contributed by atoms with van der Waals surface area (Å²) in [6, 6.07) is 9.72. The van der Waals surface area contributed by atoms with Crippen molar-refractivity contribution in [2.24, 2.45) is 10.8 Å². The van der Waals surface area contributed by atoms with Gasteiger partial charge in [0, 0.05) is 0 Å². The van der Waals surface area contributed by atoms with Gasteiger partial charge in [-0.2, -0.15) is 0 Å². The number of Topliss-reactive ketones (excluding diaryl/α,β-unsaturated/α-hetero) is 1. The number of ketones is 1. The number of ether oxygens (including phenoxy) is 1. The van der Waals surface area contributed by atoms with Gasteiger partial charge in [0.1, 0.15) is 11.5 Å². The van der Waals surface area contributed by atoms with Crippen LogP contribution in [0.3, 0.4) is 0 Å². The first-order valence-corrected chi connectivity index (χ1v) is 7.79. The molecule has 1 aromatic rings. The molecule has 1 spiro atoms. The van der Waals surface area contributed by atoms with Crippen LogP contribution in [-0.4, -0.2) is 11.8 Å². The number of rotatable bonds is 1. The second kappa shape index (κ2) is 4.97. The Morgan fingerprint density at radius 3 is 2.24 bits per heavy atom. The van der Waals surface area contributed by atoms with Crippen LogP contribution >= 0.6 is 0 Å². The average molecular weight is 286 g/mol. The van der Waals surface area contributed by atoms with Crippen LogP contribution < -0.4 is 0 Å². The van der Waals surface area contributed by atoms with Crippen LogP contribution in [-0.2, 0) is 14.3 Å². The van der Waals surface area contributed by atoms with Crippen molar-refractivity contribution in [3.63, 3.8) is 0 Å². The molecule has 0 N–H and O–H groups in total. The van der Waals surface area contributed by atoms with Crippen molar-refractivity contribution in [3.05, 3.63) is 35.9 Å². The summed E-state index contributed by atoms with van der Waals surface area (Å²) >= 11 is 0. The first kappa shape index (κ1) is 14.3. The van der Waals surface area contributed by atoms with E-state index in [0.717, 1.165) is 37.7 Å². The van der Waals surface area contributed by atoms with Gasteiger partial charge < -0.3 is 4.74 Å². The van der Waals surface area contributed by atoms with Crippen LogP contribution in [0.5, 0.6) is 0 Å². The van der Waals surface area contributed by atoms with Gasteiger partial charge in [0.2, 0.25) is 0 Å². The van der Waals surface area contributed by atoms with E-state index in [0.29, 0.717) is 0 Å². The van der Waals surface area contributed by atoms with E-state index in [9.17, 15) is 9.59 Å². The minimum absolute atomic E-state index is 0.0693. The largest absolute Gasteiger partial charge is 0.456 e. The Labute approximate surface area is 125 Å². The van der Waals surface area contributed by atoms with Crippen molar-refractivity contribution in [2.45, 2.75) is 52.1 Å². The highest BCUT2D eigenvalue weighted by Crippen LogP contribution is 2.55. The van der Waals surface area contributed by atoms with Gasteiger partial charge in [-0.15, -0.1) is 0 Å². The molecule has 1 aliphatic carbocycles. The van der Waals surface area contributed by atoms with Crippen LogP contribution in [0.4, 0.5) is 0 Å². The molecule has 21 heavy (non-hydrogen) atoms. The van der Waals surface area contributed by atoms with E-state index < -0.39 is 22.9 Å². The second-order valence-corrected chi connectivity index (χ2v) is 6.87. The standard InChI is InChI=1S/C18H22O3/c1-17(2)15(19)18(11-7-4-8-12-18)14(21-16(17)20)13-9-5-3-6-10-13/h3,5-6,9-10,14H,4,7-8,11-12H2,1-2H3. The van der Waals surface area contributed by atoms with Crippen LogP contribution in [0, 0.1) is 10.8 Å². The molecule has 0 radical (unpaired) electrons. The number of hydrogen-bond donors (Lipinski definition) is 0. The van der Waals surface area contributed by atoms with E-state index >= 15 is 0 Å². The molecular weight excluding hydrogens is 264 g/mol. The van der Waals surface area contributed by atoms with E-state index in [4.69, 9.17) is 4.74 Å². The monoisotopic (exact) mass is 286 g/mol. The molecule has 0 bridgehead atoms. The number of carbonyl (C=O) groups excluding carboxylic acids is 2. The minimum Gasteiger partial charge on any atom is -0.456 e. The number of carbonyl (C=O) groups is 2. The molecule has 0 aromatic heterocycles. The summed E-state index contributed by atoms with van der Waals surface area (Å²) in [5.74, 6) is -0.322. The first-order valence-electron chi connectivity index (χ1n) is 7.79. The number of benzene rings is 1. The van der Waals surface area contributed by atoms with Gasteiger partial charge in [-0.3, -0.25) is 9.59 Å². The van der Waals surface area contributed by atoms with Gasteiger partial charge >= 0.3 is 5.97 Å². The predicted octanol–water partition coefficient (Wildman–Crippen LogP) is 3.83. The van der Waals surface area contributed by atoms with Crippen LogP contribution in [0.25, 0.3) is 0 Å².